The minimum Gasteiger partial charge on any atom is -0.373 e. The Morgan fingerprint density at radius 3 is 3.05 bits per heavy atom. The molecule has 4 rings (SSSR count). The third kappa shape index (κ3) is 3.12. The molecule has 2 heterocycles. The predicted octanol–water partition coefficient (Wildman–Crippen LogP) is 2.24. The molecule has 0 radical (unpaired) electrons. The van der Waals surface area contributed by atoms with E-state index in [-0.39, 0.29) is 12.2 Å². The molecule has 0 amide bonds. The van der Waals surface area contributed by atoms with Crippen molar-refractivity contribution in [2.45, 2.75) is 50.5 Å². The fraction of sp³-hybridized carbons (Fsp3) is 0.706. The van der Waals surface area contributed by atoms with Crippen LogP contribution in [-0.2, 0) is 16.1 Å². The van der Waals surface area contributed by atoms with Gasteiger partial charge in [-0.25, -0.2) is 0 Å². The largest absolute Gasteiger partial charge is 0.373 e. The summed E-state index contributed by atoms with van der Waals surface area (Å²) >= 11 is 0. The van der Waals surface area contributed by atoms with Crippen LogP contribution >= 0.6 is 0 Å². The fourth-order valence-corrected chi connectivity index (χ4v) is 3.72. The maximum atomic E-state index is 6.14. The predicted molar refractivity (Wildman–Crippen MR) is 79.9 cm³/mol. The van der Waals surface area contributed by atoms with Gasteiger partial charge in [-0.05, 0) is 43.2 Å². The molecule has 0 aromatic carbocycles. The first-order valence-corrected chi connectivity index (χ1v) is 8.26. The highest BCUT2D eigenvalue weighted by Gasteiger charge is 2.44. The van der Waals surface area contributed by atoms with Gasteiger partial charge in [0, 0.05) is 31.5 Å². The molecule has 1 aromatic rings. The number of morpholine rings is 1. The second-order valence-electron chi connectivity index (χ2n) is 6.63. The number of rotatable bonds is 5. The van der Waals surface area contributed by atoms with Gasteiger partial charge in [0.25, 0.3) is 0 Å². The zero-order valence-electron chi connectivity index (χ0n) is 12.5. The van der Waals surface area contributed by atoms with Crippen molar-refractivity contribution in [3.8, 4) is 0 Å². The number of hydrogen-bond donors (Lipinski definition) is 0. The first-order valence-electron chi connectivity index (χ1n) is 8.26. The summed E-state index contributed by atoms with van der Waals surface area (Å²) in [6.07, 6.45) is 9.39. The molecule has 0 spiro atoms. The molecular weight excluding hydrogens is 264 g/mol. The summed E-state index contributed by atoms with van der Waals surface area (Å²) in [5.41, 5.74) is 1.14. The molecular formula is C17H24N2O2. The van der Waals surface area contributed by atoms with Gasteiger partial charge < -0.3 is 9.47 Å². The van der Waals surface area contributed by atoms with Crippen LogP contribution in [0.4, 0.5) is 0 Å². The Hall–Kier alpha value is -0.970. The molecule has 1 aliphatic heterocycles. The number of hydrogen-bond acceptors (Lipinski definition) is 4. The lowest BCUT2D eigenvalue weighted by Gasteiger charge is -2.39. The Labute approximate surface area is 126 Å². The van der Waals surface area contributed by atoms with E-state index in [0.717, 1.165) is 31.1 Å². The Bertz CT molecular complexity index is 463. The van der Waals surface area contributed by atoms with Crippen LogP contribution in [-0.4, -0.2) is 47.8 Å². The molecule has 3 aliphatic rings. The molecule has 0 bridgehead atoms. The van der Waals surface area contributed by atoms with E-state index in [2.05, 4.69) is 16.0 Å². The van der Waals surface area contributed by atoms with Crippen LogP contribution in [0.1, 0.15) is 31.2 Å². The normalized spacial score (nSPS) is 33.0. The van der Waals surface area contributed by atoms with E-state index in [1.807, 2.05) is 12.3 Å². The van der Waals surface area contributed by atoms with Crippen molar-refractivity contribution in [2.24, 2.45) is 5.92 Å². The van der Waals surface area contributed by atoms with Gasteiger partial charge in [-0.1, -0.05) is 6.07 Å². The number of ether oxygens (including phenoxy) is 2. The smallest absolute Gasteiger partial charge is 0.0992 e. The van der Waals surface area contributed by atoms with Gasteiger partial charge in [-0.3, -0.25) is 9.88 Å². The van der Waals surface area contributed by atoms with Crippen LogP contribution in [0.15, 0.2) is 24.5 Å². The number of pyridine rings is 1. The van der Waals surface area contributed by atoms with Crippen LogP contribution in [0, 0.1) is 5.92 Å². The van der Waals surface area contributed by atoms with E-state index in [1.165, 1.54) is 25.8 Å². The van der Waals surface area contributed by atoms with Gasteiger partial charge in [0.2, 0.25) is 0 Å². The summed E-state index contributed by atoms with van der Waals surface area (Å²) in [6.45, 7) is 3.89. The molecule has 3 atom stereocenters. The first kappa shape index (κ1) is 13.7. The molecule has 4 nitrogen and oxygen atoms in total. The van der Waals surface area contributed by atoms with Crippen LogP contribution in [0.5, 0.6) is 0 Å². The lowest BCUT2D eigenvalue weighted by molar-refractivity contribution is -0.117. The fourth-order valence-electron chi connectivity index (χ4n) is 3.72. The Kier molecular flexibility index (Phi) is 3.93. The summed E-state index contributed by atoms with van der Waals surface area (Å²) < 4.78 is 12.2. The Balaban J connectivity index is 1.34. The minimum atomic E-state index is 0.247. The molecule has 0 unspecified atom stereocenters. The quantitative estimate of drug-likeness (QED) is 0.832. The highest BCUT2D eigenvalue weighted by atomic mass is 16.5. The molecule has 2 aliphatic carbocycles. The van der Waals surface area contributed by atoms with Crippen LogP contribution in [0.25, 0.3) is 0 Å². The summed E-state index contributed by atoms with van der Waals surface area (Å²) in [5.74, 6) is 0.958. The summed E-state index contributed by atoms with van der Waals surface area (Å²) in [7, 11) is 0. The van der Waals surface area contributed by atoms with E-state index in [1.54, 1.807) is 6.20 Å². The van der Waals surface area contributed by atoms with Crippen molar-refractivity contribution in [3.05, 3.63) is 30.1 Å². The molecule has 2 saturated carbocycles. The molecule has 21 heavy (non-hydrogen) atoms. The molecule has 1 saturated heterocycles. The van der Waals surface area contributed by atoms with E-state index in [9.17, 15) is 0 Å². The van der Waals surface area contributed by atoms with E-state index in [0.29, 0.717) is 12.6 Å². The Morgan fingerprint density at radius 2 is 2.24 bits per heavy atom. The van der Waals surface area contributed by atoms with Crippen molar-refractivity contribution >= 4 is 0 Å². The van der Waals surface area contributed by atoms with Crippen LogP contribution in [0.2, 0.25) is 0 Å². The molecule has 1 aromatic heterocycles. The minimum absolute atomic E-state index is 0.247. The van der Waals surface area contributed by atoms with E-state index >= 15 is 0 Å². The SMILES string of the molecule is c1cncc(CO[C@@H]2CC[C@H]3[C@H]2OCCN3CC2CC2)c1. The van der Waals surface area contributed by atoms with Gasteiger partial charge in [0.1, 0.15) is 0 Å². The molecule has 114 valence electrons. The van der Waals surface area contributed by atoms with Gasteiger partial charge in [0.05, 0.1) is 25.4 Å². The standard InChI is InChI=1S/C17H24N2O2/c1-2-14(10-18-7-1)12-21-16-6-5-15-17(16)20-9-8-19(15)11-13-3-4-13/h1-2,7,10,13,15-17H,3-6,8-9,11-12H2/t15-,16+,17+/m0/s1. The maximum absolute atomic E-state index is 6.14. The van der Waals surface area contributed by atoms with Gasteiger partial charge in [0.15, 0.2) is 0 Å². The van der Waals surface area contributed by atoms with Crippen molar-refractivity contribution < 1.29 is 9.47 Å². The van der Waals surface area contributed by atoms with Crippen molar-refractivity contribution in [3.63, 3.8) is 0 Å². The topological polar surface area (TPSA) is 34.6 Å². The lowest BCUT2D eigenvalue weighted by Crippen LogP contribution is -2.52. The second kappa shape index (κ2) is 6.03. The monoisotopic (exact) mass is 288 g/mol. The highest BCUT2D eigenvalue weighted by molar-refractivity contribution is 5.07. The highest BCUT2D eigenvalue weighted by Crippen LogP contribution is 2.36. The second-order valence-corrected chi connectivity index (χ2v) is 6.63. The average molecular weight is 288 g/mol. The van der Waals surface area contributed by atoms with Crippen LogP contribution < -0.4 is 0 Å². The molecule has 4 heteroatoms. The summed E-state index contributed by atoms with van der Waals surface area (Å²) in [4.78, 5) is 6.81. The maximum Gasteiger partial charge on any atom is 0.0992 e. The summed E-state index contributed by atoms with van der Waals surface area (Å²) in [5, 5.41) is 0. The first-order chi connectivity index (χ1) is 10.4. The number of fused-ring (bicyclic) bond motifs is 1. The summed E-state index contributed by atoms with van der Waals surface area (Å²) in [6, 6.07) is 4.61. The van der Waals surface area contributed by atoms with Crippen molar-refractivity contribution in [1.82, 2.24) is 9.88 Å². The number of nitrogens with zero attached hydrogens (tertiary/aromatic N) is 2. The zero-order valence-corrected chi connectivity index (χ0v) is 12.5. The van der Waals surface area contributed by atoms with E-state index in [4.69, 9.17) is 9.47 Å². The third-order valence-corrected chi connectivity index (χ3v) is 5.03. The van der Waals surface area contributed by atoms with Gasteiger partial charge in [-0.2, -0.15) is 0 Å². The van der Waals surface area contributed by atoms with Gasteiger partial charge >= 0.3 is 0 Å². The Morgan fingerprint density at radius 1 is 1.29 bits per heavy atom. The molecule has 3 fully saturated rings. The zero-order chi connectivity index (χ0) is 14.1. The molecule has 0 N–H and O–H groups in total. The van der Waals surface area contributed by atoms with Crippen molar-refractivity contribution in [1.29, 1.82) is 0 Å². The van der Waals surface area contributed by atoms with E-state index < -0.39 is 0 Å². The van der Waals surface area contributed by atoms with Gasteiger partial charge in [-0.15, -0.1) is 0 Å². The third-order valence-electron chi connectivity index (χ3n) is 5.03. The number of aromatic nitrogens is 1. The van der Waals surface area contributed by atoms with Crippen molar-refractivity contribution in [2.75, 3.05) is 19.7 Å². The average Bonchev–Trinajstić information content (AvgIpc) is 3.24. The van der Waals surface area contributed by atoms with Crippen LogP contribution in [0.3, 0.4) is 0 Å². The lowest BCUT2D eigenvalue weighted by atomic mass is 10.1.